The number of imidazole rings is 1. The molecule has 3 saturated carbocycles. The molecule has 0 atom stereocenters. The van der Waals surface area contributed by atoms with Gasteiger partial charge in [0.05, 0.1) is 17.6 Å². The Morgan fingerprint density at radius 2 is 1.82 bits per heavy atom. The van der Waals surface area contributed by atoms with E-state index in [-0.39, 0.29) is 45.7 Å². The van der Waals surface area contributed by atoms with E-state index in [1.165, 1.54) is 6.08 Å². The molecule has 0 amide bonds. The standard InChI is InChI=1S/C28H27F2N7O2/c1-16-10-18(4-3-7-31)11-17(2)21(16)39-24-20-22(33-23(37(20)25(29)30)19-5-8-38-9-6-19)34-26(35-24)36-28-12-27(13-28,14-28)15-32/h3-4,10-11,19,25H,5-6,8-9,12-14H2,1-2H3,(H,34,35,36)/b4-3+. The molecule has 11 heteroatoms. The van der Waals surface area contributed by atoms with Crippen molar-refractivity contribution in [3.63, 3.8) is 0 Å². The molecule has 4 aliphatic rings. The molecule has 0 spiro atoms. The van der Waals surface area contributed by atoms with Crippen molar-refractivity contribution in [3.05, 3.63) is 40.7 Å². The number of ether oxygens (including phenoxy) is 2. The van der Waals surface area contributed by atoms with Crippen LogP contribution >= 0.6 is 0 Å². The zero-order valence-corrected chi connectivity index (χ0v) is 21.7. The molecular weight excluding hydrogens is 504 g/mol. The Labute approximate surface area is 224 Å². The van der Waals surface area contributed by atoms with Crippen LogP contribution in [0, 0.1) is 41.9 Å². The molecule has 9 nitrogen and oxygen atoms in total. The second kappa shape index (κ2) is 9.28. The molecule has 0 radical (unpaired) electrons. The van der Waals surface area contributed by atoms with Gasteiger partial charge in [-0.1, -0.05) is 0 Å². The lowest BCUT2D eigenvalue weighted by Gasteiger charge is -2.66. The van der Waals surface area contributed by atoms with Crippen LogP contribution < -0.4 is 10.1 Å². The molecule has 1 N–H and O–H groups in total. The molecule has 1 aliphatic heterocycles. The number of nitrogens with one attached hydrogen (secondary N) is 1. The van der Waals surface area contributed by atoms with Crippen molar-refractivity contribution in [2.24, 2.45) is 5.41 Å². The number of rotatable bonds is 7. The van der Waals surface area contributed by atoms with Crippen LogP contribution in [-0.2, 0) is 4.74 Å². The summed E-state index contributed by atoms with van der Waals surface area (Å²) in [6, 6.07) is 8.07. The summed E-state index contributed by atoms with van der Waals surface area (Å²) in [7, 11) is 0. The highest BCUT2D eigenvalue weighted by molar-refractivity contribution is 5.80. The second-order valence-corrected chi connectivity index (χ2v) is 10.9. The lowest BCUT2D eigenvalue weighted by Crippen LogP contribution is -2.70. The minimum atomic E-state index is -2.87. The van der Waals surface area contributed by atoms with Crippen molar-refractivity contribution >= 4 is 23.2 Å². The number of aryl methyl sites for hydroxylation is 2. The smallest absolute Gasteiger partial charge is 0.320 e. The van der Waals surface area contributed by atoms with E-state index in [4.69, 9.17) is 14.7 Å². The second-order valence-electron chi connectivity index (χ2n) is 10.9. The quantitative estimate of drug-likeness (QED) is 0.373. The van der Waals surface area contributed by atoms with Crippen LogP contribution in [0.25, 0.3) is 17.2 Å². The zero-order chi connectivity index (χ0) is 27.4. The highest BCUT2D eigenvalue weighted by Gasteiger charge is 2.69. The van der Waals surface area contributed by atoms with Gasteiger partial charge in [0, 0.05) is 30.7 Å². The first kappa shape index (κ1) is 25.2. The van der Waals surface area contributed by atoms with Crippen LogP contribution in [0.4, 0.5) is 14.7 Å². The van der Waals surface area contributed by atoms with Crippen molar-refractivity contribution in [2.75, 3.05) is 18.5 Å². The van der Waals surface area contributed by atoms with Gasteiger partial charge in [0.2, 0.25) is 5.95 Å². The molecule has 3 heterocycles. The third kappa shape index (κ3) is 4.27. The van der Waals surface area contributed by atoms with Gasteiger partial charge in [0.15, 0.2) is 11.2 Å². The molecule has 1 aromatic carbocycles. The van der Waals surface area contributed by atoms with Gasteiger partial charge in [0.1, 0.15) is 11.6 Å². The molecular formula is C28H27F2N7O2. The lowest BCUT2D eigenvalue weighted by atomic mass is 9.40. The summed E-state index contributed by atoms with van der Waals surface area (Å²) in [6.45, 7) is 1.79. The van der Waals surface area contributed by atoms with E-state index < -0.39 is 6.55 Å². The minimum absolute atomic E-state index is 0.0123. The van der Waals surface area contributed by atoms with Crippen molar-refractivity contribution in [1.29, 1.82) is 10.5 Å². The number of benzene rings is 1. The van der Waals surface area contributed by atoms with E-state index in [9.17, 15) is 14.0 Å². The number of anilines is 1. The normalized spacial score (nSPS) is 24.3. The average Bonchev–Trinajstić information content (AvgIpc) is 3.27. The highest BCUT2D eigenvalue weighted by Crippen LogP contribution is 2.67. The highest BCUT2D eigenvalue weighted by atomic mass is 19.3. The number of aromatic nitrogens is 4. The van der Waals surface area contributed by atoms with E-state index in [0.717, 1.165) is 21.3 Å². The lowest BCUT2D eigenvalue weighted by molar-refractivity contribution is -0.0665. The van der Waals surface area contributed by atoms with Gasteiger partial charge >= 0.3 is 6.55 Å². The van der Waals surface area contributed by atoms with E-state index >= 15 is 0 Å². The number of hydrogen-bond acceptors (Lipinski definition) is 8. The molecule has 3 aliphatic carbocycles. The summed E-state index contributed by atoms with van der Waals surface area (Å²) >= 11 is 0. The molecule has 0 unspecified atom stereocenters. The van der Waals surface area contributed by atoms with Crippen molar-refractivity contribution < 1.29 is 18.3 Å². The number of alkyl halides is 2. The Balaban J connectivity index is 1.45. The van der Waals surface area contributed by atoms with Crippen LogP contribution in [0.5, 0.6) is 11.6 Å². The molecule has 4 fully saturated rings. The molecule has 39 heavy (non-hydrogen) atoms. The summed E-state index contributed by atoms with van der Waals surface area (Å²) in [5.41, 5.74) is 1.97. The molecule has 2 bridgehead atoms. The van der Waals surface area contributed by atoms with Gasteiger partial charge in [-0.3, -0.25) is 4.57 Å². The molecule has 7 rings (SSSR count). The molecule has 200 valence electrons. The Morgan fingerprint density at radius 3 is 2.44 bits per heavy atom. The number of fused-ring (bicyclic) bond motifs is 1. The summed E-state index contributed by atoms with van der Waals surface area (Å²) in [6.07, 6.45) is 6.34. The van der Waals surface area contributed by atoms with Crippen molar-refractivity contribution in [1.82, 2.24) is 19.5 Å². The first-order valence-electron chi connectivity index (χ1n) is 13.0. The largest absolute Gasteiger partial charge is 0.436 e. The fourth-order valence-corrected chi connectivity index (χ4v) is 6.30. The van der Waals surface area contributed by atoms with Gasteiger partial charge in [-0.15, -0.1) is 0 Å². The predicted octanol–water partition coefficient (Wildman–Crippen LogP) is 5.92. The van der Waals surface area contributed by atoms with Gasteiger partial charge in [-0.2, -0.15) is 29.3 Å². The number of nitrogens with zero attached hydrogens (tertiary/aromatic N) is 6. The molecule has 2 aromatic heterocycles. The summed E-state index contributed by atoms with van der Waals surface area (Å²) in [5, 5.41) is 21.6. The maximum atomic E-state index is 14.6. The molecule has 3 aromatic rings. The van der Waals surface area contributed by atoms with Crippen LogP contribution in [0.15, 0.2) is 18.2 Å². The zero-order valence-electron chi connectivity index (χ0n) is 21.7. The third-order valence-electron chi connectivity index (χ3n) is 8.00. The Kier molecular flexibility index (Phi) is 6.00. The van der Waals surface area contributed by atoms with E-state index in [0.29, 0.717) is 51.1 Å². The van der Waals surface area contributed by atoms with Crippen molar-refractivity contribution in [2.45, 2.75) is 64.0 Å². The van der Waals surface area contributed by atoms with Crippen molar-refractivity contribution in [3.8, 4) is 23.8 Å². The van der Waals surface area contributed by atoms with Crippen LogP contribution in [0.1, 0.15) is 67.1 Å². The monoisotopic (exact) mass is 531 g/mol. The van der Waals surface area contributed by atoms with Gasteiger partial charge in [-0.25, -0.2) is 4.98 Å². The average molecular weight is 532 g/mol. The topological polar surface area (TPSA) is 122 Å². The maximum absolute atomic E-state index is 14.6. The van der Waals surface area contributed by atoms with Crippen LogP contribution in [-0.4, -0.2) is 38.3 Å². The van der Waals surface area contributed by atoms with Gasteiger partial charge in [0.25, 0.3) is 5.88 Å². The SMILES string of the molecule is Cc1cc(/C=C/C#N)cc(C)c1Oc1nc(NC23CC(C#N)(C2)C3)nc2nc(C3CCOCC3)n(C(F)F)c12. The first-order valence-corrected chi connectivity index (χ1v) is 13.0. The fourth-order valence-electron chi connectivity index (χ4n) is 6.30. The Hall–Kier alpha value is -4.09. The first-order chi connectivity index (χ1) is 18.8. The van der Waals surface area contributed by atoms with Crippen LogP contribution in [0.2, 0.25) is 0 Å². The van der Waals surface area contributed by atoms with Crippen LogP contribution in [0.3, 0.4) is 0 Å². The predicted molar refractivity (Wildman–Crippen MR) is 138 cm³/mol. The van der Waals surface area contributed by atoms with Gasteiger partial charge < -0.3 is 14.8 Å². The van der Waals surface area contributed by atoms with E-state index in [2.05, 4.69) is 26.3 Å². The van der Waals surface area contributed by atoms with E-state index in [1.54, 1.807) is 6.08 Å². The number of nitriles is 2. The maximum Gasteiger partial charge on any atom is 0.320 e. The van der Waals surface area contributed by atoms with E-state index in [1.807, 2.05) is 32.0 Å². The Bertz CT molecular complexity index is 1530. The summed E-state index contributed by atoms with van der Waals surface area (Å²) in [5.74, 6) is 0.762. The molecule has 1 saturated heterocycles. The number of hydrogen-bond donors (Lipinski definition) is 1. The fraction of sp³-hybridized carbons (Fsp3) is 0.464. The summed E-state index contributed by atoms with van der Waals surface area (Å²) < 4.78 is 41.9. The number of allylic oxidation sites excluding steroid dienone is 1. The third-order valence-corrected chi connectivity index (χ3v) is 8.00. The number of halogens is 2. The van der Waals surface area contributed by atoms with Gasteiger partial charge in [-0.05, 0) is 80.9 Å². The Morgan fingerprint density at radius 1 is 1.13 bits per heavy atom. The summed E-state index contributed by atoms with van der Waals surface area (Å²) in [4.78, 5) is 13.7. The minimum Gasteiger partial charge on any atom is -0.436 e.